The number of hydrogen-bond donors (Lipinski definition) is 3. The number of benzene rings is 3. The molecule has 0 aliphatic rings. The predicted octanol–water partition coefficient (Wildman–Crippen LogP) is 3.26. The van der Waals surface area contributed by atoms with Crippen molar-refractivity contribution in [3.05, 3.63) is 101 Å². The first-order chi connectivity index (χ1) is 15.7. The van der Waals surface area contributed by atoms with Crippen LogP contribution in [0.25, 0.3) is 0 Å². The van der Waals surface area contributed by atoms with Gasteiger partial charge in [-0.1, -0.05) is 55.5 Å². The van der Waals surface area contributed by atoms with Crippen molar-refractivity contribution >= 4 is 21.8 Å². The van der Waals surface area contributed by atoms with Crippen molar-refractivity contribution < 1.29 is 22.4 Å². The lowest BCUT2D eigenvalue weighted by molar-refractivity contribution is -0.122. The molecule has 3 rings (SSSR count). The number of carbonyl (C=O) groups excluding carboxylic acids is 2. The van der Waals surface area contributed by atoms with E-state index in [2.05, 4.69) is 15.6 Å². The SMILES string of the molecule is CC(CC(=O)NNC(=O)c1cccc(S(=O)(=O)NCc2ccccc2)c1)c1ccc(F)cc1. The lowest BCUT2D eigenvalue weighted by Crippen LogP contribution is -2.42. The molecule has 3 aromatic rings. The van der Waals surface area contributed by atoms with Crippen LogP contribution < -0.4 is 15.6 Å². The van der Waals surface area contributed by atoms with Crippen molar-refractivity contribution in [3.63, 3.8) is 0 Å². The van der Waals surface area contributed by atoms with Crippen molar-refractivity contribution in [1.29, 1.82) is 0 Å². The van der Waals surface area contributed by atoms with Gasteiger partial charge >= 0.3 is 0 Å². The van der Waals surface area contributed by atoms with Crippen LogP contribution in [-0.4, -0.2) is 20.2 Å². The Bertz CT molecular complexity index is 1220. The Hall–Kier alpha value is -3.56. The Balaban J connectivity index is 1.56. The van der Waals surface area contributed by atoms with Gasteiger partial charge in [0.1, 0.15) is 5.82 Å². The third-order valence-electron chi connectivity index (χ3n) is 4.96. The van der Waals surface area contributed by atoms with Gasteiger partial charge in [0.25, 0.3) is 5.91 Å². The maximum atomic E-state index is 13.0. The second kappa shape index (κ2) is 10.8. The van der Waals surface area contributed by atoms with Crippen LogP contribution in [0.1, 0.15) is 40.7 Å². The molecule has 9 heteroatoms. The molecule has 1 atom stereocenters. The van der Waals surface area contributed by atoms with E-state index in [-0.39, 0.29) is 35.2 Å². The summed E-state index contributed by atoms with van der Waals surface area (Å²) in [6, 6.07) is 20.4. The van der Waals surface area contributed by atoms with Crippen LogP contribution in [0.5, 0.6) is 0 Å². The molecule has 0 fully saturated rings. The summed E-state index contributed by atoms with van der Waals surface area (Å²) in [4.78, 5) is 24.5. The monoisotopic (exact) mass is 469 g/mol. The minimum atomic E-state index is -3.84. The van der Waals surface area contributed by atoms with Gasteiger partial charge in [-0.3, -0.25) is 20.4 Å². The highest BCUT2D eigenvalue weighted by molar-refractivity contribution is 7.89. The smallest absolute Gasteiger partial charge is 0.269 e. The van der Waals surface area contributed by atoms with E-state index in [1.807, 2.05) is 25.1 Å². The zero-order valence-corrected chi connectivity index (χ0v) is 18.7. The fourth-order valence-electron chi connectivity index (χ4n) is 3.10. The van der Waals surface area contributed by atoms with Crippen LogP contribution in [0.2, 0.25) is 0 Å². The third kappa shape index (κ3) is 6.96. The number of amides is 2. The van der Waals surface area contributed by atoms with E-state index in [1.54, 1.807) is 24.3 Å². The highest BCUT2D eigenvalue weighted by Crippen LogP contribution is 2.19. The van der Waals surface area contributed by atoms with Crippen LogP contribution in [0.3, 0.4) is 0 Å². The van der Waals surface area contributed by atoms with Crippen molar-refractivity contribution in [2.75, 3.05) is 0 Å². The first-order valence-corrected chi connectivity index (χ1v) is 11.7. The van der Waals surface area contributed by atoms with Gasteiger partial charge < -0.3 is 0 Å². The largest absolute Gasteiger partial charge is 0.273 e. The van der Waals surface area contributed by atoms with Crippen LogP contribution in [-0.2, 0) is 21.4 Å². The molecule has 3 aromatic carbocycles. The fourth-order valence-corrected chi connectivity index (χ4v) is 4.16. The third-order valence-corrected chi connectivity index (χ3v) is 6.36. The summed E-state index contributed by atoms with van der Waals surface area (Å²) in [5.41, 5.74) is 6.27. The van der Waals surface area contributed by atoms with Gasteiger partial charge in [0.15, 0.2) is 0 Å². The van der Waals surface area contributed by atoms with Gasteiger partial charge in [-0.25, -0.2) is 17.5 Å². The van der Waals surface area contributed by atoms with E-state index >= 15 is 0 Å². The van der Waals surface area contributed by atoms with Gasteiger partial charge in [0.2, 0.25) is 15.9 Å². The Morgan fingerprint density at radius 1 is 0.909 bits per heavy atom. The van der Waals surface area contributed by atoms with Crippen molar-refractivity contribution in [2.45, 2.75) is 30.7 Å². The molecule has 0 spiro atoms. The topological polar surface area (TPSA) is 104 Å². The quantitative estimate of drug-likeness (QED) is 0.441. The number of hydrazine groups is 1. The highest BCUT2D eigenvalue weighted by atomic mass is 32.2. The molecule has 0 radical (unpaired) electrons. The molecule has 0 aromatic heterocycles. The average Bonchev–Trinajstić information content (AvgIpc) is 2.82. The standard InChI is InChI=1S/C24H24FN3O4S/c1-17(19-10-12-21(25)13-11-19)14-23(29)27-28-24(30)20-8-5-9-22(15-20)33(31,32)26-16-18-6-3-2-4-7-18/h2-13,15,17,26H,14,16H2,1H3,(H,27,29)(H,28,30). The summed E-state index contributed by atoms with van der Waals surface area (Å²) in [5, 5.41) is 0. The first kappa shape index (κ1) is 24.1. The molecule has 33 heavy (non-hydrogen) atoms. The minimum absolute atomic E-state index is 0.0673. The number of rotatable bonds is 8. The molecule has 0 saturated heterocycles. The summed E-state index contributed by atoms with van der Waals surface area (Å²) in [7, 11) is -3.84. The normalized spacial score (nSPS) is 12.1. The van der Waals surface area contributed by atoms with Gasteiger partial charge in [-0.05, 0) is 47.4 Å². The van der Waals surface area contributed by atoms with Crippen molar-refractivity contribution in [2.24, 2.45) is 0 Å². The zero-order chi connectivity index (χ0) is 23.8. The van der Waals surface area contributed by atoms with Gasteiger partial charge in [-0.15, -0.1) is 0 Å². The summed E-state index contributed by atoms with van der Waals surface area (Å²) < 4.78 is 40.7. The molecule has 2 amide bonds. The van der Waals surface area contributed by atoms with Crippen LogP contribution in [0, 0.1) is 5.82 Å². The first-order valence-electron chi connectivity index (χ1n) is 10.2. The molecule has 7 nitrogen and oxygen atoms in total. The average molecular weight is 470 g/mol. The van der Waals surface area contributed by atoms with E-state index in [4.69, 9.17) is 0 Å². The summed E-state index contributed by atoms with van der Waals surface area (Å²) in [6.45, 7) is 1.92. The number of carbonyl (C=O) groups is 2. The molecule has 1 unspecified atom stereocenters. The van der Waals surface area contributed by atoms with Crippen molar-refractivity contribution in [1.82, 2.24) is 15.6 Å². The number of nitrogens with one attached hydrogen (secondary N) is 3. The molecule has 0 saturated carbocycles. The number of hydrogen-bond acceptors (Lipinski definition) is 4. The van der Waals surface area contributed by atoms with E-state index in [0.29, 0.717) is 0 Å². The Morgan fingerprint density at radius 2 is 1.61 bits per heavy atom. The van der Waals surface area contributed by atoms with Gasteiger partial charge in [0.05, 0.1) is 4.90 Å². The lowest BCUT2D eigenvalue weighted by Gasteiger charge is -2.13. The Kier molecular flexibility index (Phi) is 7.92. The van der Waals surface area contributed by atoms with Crippen LogP contribution >= 0.6 is 0 Å². The summed E-state index contributed by atoms with van der Waals surface area (Å²) >= 11 is 0. The highest BCUT2D eigenvalue weighted by Gasteiger charge is 2.17. The molecular weight excluding hydrogens is 445 g/mol. The molecule has 0 aliphatic carbocycles. The summed E-state index contributed by atoms with van der Waals surface area (Å²) in [6.07, 6.45) is 0.0732. The van der Waals surface area contributed by atoms with Crippen molar-refractivity contribution in [3.8, 4) is 0 Å². The molecule has 0 bridgehead atoms. The molecule has 0 heterocycles. The Labute approximate surface area is 192 Å². The predicted molar refractivity (Wildman–Crippen MR) is 122 cm³/mol. The fraction of sp³-hybridized carbons (Fsp3) is 0.167. The second-order valence-electron chi connectivity index (χ2n) is 7.50. The maximum absolute atomic E-state index is 13.0. The van der Waals surface area contributed by atoms with E-state index in [9.17, 15) is 22.4 Å². The van der Waals surface area contributed by atoms with Crippen LogP contribution in [0.4, 0.5) is 4.39 Å². The maximum Gasteiger partial charge on any atom is 0.269 e. The number of halogens is 1. The van der Waals surface area contributed by atoms with E-state index in [1.165, 1.54) is 36.4 Å². The van der Waals surface area contributed by atoms with E-state index < -0.39 is 21.8 Å². The lowest BCUT2D eigenvalue weighted by atomic mass is 9.98. The zero-order valence-electron chi connectivity index (χ0n) is 17.9. The van der Waals surface area contributed by atoms with Gasteiger partial charge in [-0.2, -0.15) is 0 Å². The summed E-state index contributed by atoms with van der Waals surface area (Å²) in [5.74, 6) is -1.64. The minimum Gasteiger partial charge on any atom is -0.273 e. The molecular formula is C24H24FN3O4S. The van der Waals surface area contributed by atoms with Crippen LogP contribution in [0.15, 0.2) is 83.8 Å². The molecule has 172 valence electrons. The number of sulfonamides is 1. The Morgan fingerprint density at radius 3 is 2.30 bits per heavy atom. The molecule has 3 N–H and O–H groups in total. The second-order valence-corrected chi connectivity index (χ2v) is 9.26. The van der Waals surface area contributed by atoms with Gasteiger partial charge in [0, 0.05) is 18.5 Å². The molecule has 0 aliphatic heterocycles. The van der Waals surface area contributed by atoms with E-state index in [0.717, 1.165) is 11.1 Å².